The van der Waals surface area contributed by atoms with Gasteiger partial charge in [-0.05, 0) is 24.4 Å². The van der Waals surface area contributed by atoms with E-state index >= 15 is 0 Å². The van der Waals surface area contributed by atoms with Gasteiger partial charge in [0.25, 0.3) is 0 Å². The Morgan fingerprint density at radius 3 is 2.28 bits per heavy atom. The van der Waals surface area contributed by atoms with Crippen LogP contribution in [0.25, 0.3) is 0 Å². The van der Waals surface area contributed by atoms with Gasteiger partial charge in [0, 0.05) is 33.2 Å². The summed E-state index contributed by atoms with van der Waals surface area (Å²) in [6.45, 7) is 2.37. The first kappa shape index (κ1) is 18.8. The molecule has 1 aromatic heterocycles. The summed E-state index contributed by atoms with van der Waals surface area (Å²) < 4.78 is 31.2. The van der Waals surface area contributed by atoms with E-state index < -0.39 is 10.0 Å². The molecule has 136 valence electrons. The van der Waals surface area contributed by atoms with E-state index in [-0.39, 0.29) is 14.9 Å². The van der Waals surface area contributed by atoms with Crippen LogP contribution >= 0.6 is 35.4 Å². The van der Waals surface area contributed by atoms with Crippen LogP contribution in [0.5, 0.6) is 0 Å². The summed E-state index contributed by atoms with van der Waals surface area (Å²) in [4.78, 5) is 2.07. The Morgan fingerprint density at radius 2 is 1.76 bits per heavy atom. The Bertz CT molecular complexity index is 913. The van der Waals surface area contributed by atoms with Crippen molar-refractivity contribution in [3.63, 3.8) is 0 Å². The average Bonchev–Trinajstić information content (AvgIpc) is 2.87. The molecule has 0 bridgehead atoms. The topological polar surface area (TPSA) is 63.4 Å². The lowest BCUT2D eigenvalue weighted by atomic mass is 10.4. The maximum absolute atomic E-state index is 12.9. The molecule has 1 aliphatic heterocycles. The lowest BCUT2D eigenvalue weighted by molar-refractivity contribution is 0.144. The smallest absolute Gasteiger partial charge is 0.246 e. The summed E-state index contributed by atoms with van der Waals surface area (Å²) in [5.74, 6) is 0. The van der Waals surface area contributed by atoms with Gasteiger partial charge in [0.2, 0.25) is 10.0 Å². The second-order valence-corrected chi connectivity index (χ2v) is 8.79. The molecule has 11 heteroatoms. The van der Waals surface area contributed by atoms with Crippen molar-refractivity contribution in [1.29, 1.82) is 0 Å². The van der Waals surface area contributed by atoms with Crippen molar-refractivity contribution in [2.24, 2.45) is 7.05 Å². The summed E-state index contributed by atoms with van der Waals surface area (Å²) >= 11 is 17.4. The molecule has 0 aliphatic carbocycles. The van der Waals surface area contributed by atoms with Gasteiger partial charge in [-0.15, -0.1) is 0 Å². The Hall–Kier alpha value is -0.970. The van der Waals surface area contributed by atoms with Crippen molar-refractivity contribution in [3.8, 4) is 0 Å². The van der Waals surface area contributed by atoms with Crippen LogP contribution in [0.15, 0.2) is 29.4 Å². The zero-order chi connectivity index (χ0) is 18.2. The predicted molar refractivity (Wildman–Crippen MR) is 98.8 cm³/mol. The summed E-state index contributed by atoms with van der Waals surface area (Å²) in [6.07, 6.45) is 1.66. The number of nitrogens with zero attached hydrogens (tertiary/aromatic N) is 5. The van der Waals surface area contributed by atoms with Crippen LogP contribution in [0.4, 0.5) is 0 Å². The molecule has 3 rings (SSSR count). The SMILES string of the molecule is Cn1cnn(CN2CCN(S(=O)(=O)c3c(Cl)cccc3Cl)CC2)c1=S. The second kappa shape index (κ2) is 7.34. The van der Waals surface area contributed by atoms with Crippen molar-refractivity contribution in [2.45, 2.75) is 11.6 Å². The molecule has 1 saturated heterocycles. The number of sulfonamides is 1. The summed E-state index contributed by atoms with van der Waals surface area (Å²) in [7, 11) is -1.89. The number of aromatic nitrogens is 3. The zero-order valence-corrected chi connectivity index (χ0v) is 16.6. The first-order valence-corrected chi connectivity index (χ1v) is 10.2. The van der Waals surface area contributed by atoms with Crippen LogP contribution in [0.1, 0.15) is 0 Å². The van der Waals surface area contributed by atoms with E-state index in [1.54, 1.807) is 21.6 Å². The van der Waals surface area contributed by atoms with Crippen molar-refractivity contribution >= 4 is 45.4 Å². The summed E-state index contributed by atoms with van der Waals surface area (Å²) in [5, 5.41) is 4.48. The molecule has 0 saturated carbocycles. The normalized spacial score (nSPS) is 17.1. The molecule has 2 aromatic rings. The molecule has 0 atom stereocenters. The Balaban J connectivity index is 1.71. The minimum Gasteiger partial charge on any atom is -0.310 e. The molecule has 1 aromatic carbocycles. The number of halogens is 2. The van der Waals surface area contributed by atoms with Crippen LogP contribution in [0.2, 0.25) is 10.0 Å². The maximum Gasteiger partial charge on any atom is 0.246 e. The van der Waals surface area contributed by atoms with Gasteiger partial charge >= 0.3 is 0 Å². The van der Waals surface area contributed by atoms with E-state index in [0.29, 0.717) is 37.6 Å². The summed E-state index contributed by atoms with van der Waals surface area (Å²) in [6, 6.07) is 4.68. The van der Waals surface area contributed by atoms with Gasteiger partial charge in [0.15, 0.2) is 4.77 Å². The fourth-order valence-electron chi connectivity index (χ4n) is 2.68. The highest BCUT2D eigenvalue weighted by Crippen LogP contribution is 2.31. The van der Waals surface area contributed by atoms with Crippen LogP contribution in [-0.2, 0) is 23.7 Å². The van der Waals surface area contributed by atoms with E-state index in [4.69, 9.17) is 35.4 Å². The standard InChI is InChI=1S/C14H17Cl2N5O2S2/c1-18-9-17-21(14(18)24)10-19-5-7-20(8-6-19)25(22,23)13-11(15)3-2-4-12(13)16/h2-4,9H,5-8,10H2,1H3. The van der Waals surface area contributed by atoms with E-state index in [9.17, 15) is 8.42 Å². The average molecular weight is 422 g/mol. The molecule has 0 spiro atoms. The van der Waals surface area contributed by atoms with Crippen LogP contribution < -0.4 is 0 Å². The van der Waals surface area contributed by atoms with Crippen LogP contribution in [0.3, 0.4) is 0 Å². The molecular formula is C14H17Cl2N5O2S2. The fraction of sp³-hybridized carbons (Fsp3) is 0.429. The largest absolute Gasteiger partial charge is 0.310 e. The van der Waals surface area contributed by atoms with Crippen molar-refractivity contribution in [3.05, 3.63) is 39.3 Å². The third-order valence-electron chi connectivity index (χ3n) is 4.07. The van der Waals surface area contributed by atoms with Gasteiger partial charge < -0.3 is 4.57 Å². The number of hydrogen-bond donors (Lipinski definition) is 0. The predicted octanol–water partition coefficient (Wildman–Crippen LogP) is 2.22. The molecule has 0 radical (unpaired) electrons. The Morgan fingerprint density at radius 1 is 1.16 bits per heavy atom. The zero-order valence-electron chi connectivity index (χ0n) is 13.5. The van der Waals surface area contributed by atoms with Gasteiger partial charge in [-0.1, -0.05) is 29.3 Å². The van der Waals surface area contributed by atoms with Crippen molar-refractivity contribution in [1.82, 2.24) is 23.6 Å². The van der Waals surface area contributed by atoms with Gasteiger partial charge in [-0.25, -0.2) is 13.1 Å². The Kier molecular flexibility index (Phi) is 5.52. The van der Waals surface area contributed by atoms with Gasteiger partial charge in [0.05, 0.1) is 16.7 Å². The maximum atomic E-state index is 12.9. The first-order chi connectivity index (χ1) is 11.8. The summed E-state index contributed by atoms with van der Waals surface area (Å²) in [5.41, 5.74) is 0. The fourth-order valence-corrected chi connectivity index (χ4v) is 5.34. The molecule has 0 unspecified atom stereocenters. The highest BCUT2D eigenvalue weighted by Gasteiger charge is 2.31. The lowest BCUT2D eigenvalue weighted by Crippen LogP contribution is -2.49. The number of benzene rings is 1. The minimum absolute atomic E-state index is 0.0290. The highest BCUT2D eigenvalue weighted by molar-refractivity contribution is 7.89. The first-order valence-electron chi connectivity index (χ1n) is 7.55. The van der Waals surface area contributed by atoms with Crippen LogP contribution in [-0.4, -0.2) is 58.1 Å². The van der Waals surface area contributed by atoms with Crippen molar-refractivity contribution in [2.75, 3.05) is 26.2 Å². The number of hydrogen-bond acceptors (Lipinski definition) is 5. The second-order valence-electron chi connectivity index (χ2n) is 5.74. The van der Waals surface area contributed by atoms with Gasteiger partial charge in [-0.2, -0.15) is 9.40 Å². The van der Waals surface area contributed by atoms with Crippen molar-refractivity contribution < 1.29 is 8.42 Å². The minimum atomic E-state index is -3.73. The molecule has 7 nitrogen and oxygen atoms in total. The quantitative estimate of drug-likeness (QED) is 0.708. The Labute approximate surface area is 161 Å². The van der Waals surface area contributed by atoms with E-state index in [1.807, 2.05) is 7.05 Å². The van der Waals surface area contributed by atoms with E-state index in [2.05, 4.69) is 10.00 Å². The van der Waals surface area contributed by atoms with Gasteiger partial charge in [-0.3, -0.25) is 4.90 Å². The monoisotopic (exact) mass is 421 g/mol. The molecular weight excluding hydrogens is 405 g/mol. The lowest BCUT2D eigenvalue weighted by Gasteiger charge is -2.33. The molecule has 1 aliphatic rings. The highest BCUT2D eigenvalue weighted by atomic mass is 35.5. The number of rotatable bonds is 4. The molecule has 0 amide bonds. The number of aryl methyl sites for hydroxylation is 1. The molecule has 25 heavy (non-hydrogen) atoms. The van der Waals surface area contributed by atoms with E-state index in [1.165, 1.54) is 16.4 Å². The molecule has 0 N–H and O–H groups in total. The molecule has 1 fully saturated rings. The van der Waals surface area contributed by atoms with Gasteiger partial charge in [0.1, 0.15) is 11.2 Å². The van der Waals surface area contributed by atoms with Crippen LogP contribution in [0, 0.1) is 4.77 Å². The third kappa shape index (κ3) is 3.76. The molecule has 2 heterocycles. The number of piperazine rings is 1. The third-order valence-corrected chi connectivity index (χ3v) is 7.42. The van der Waals surface area contributed by atoms with E-state index in [0.717, 1.165) is 0 Å².